The minimum absolute atomic E-state index is 0.195. The van der Waals surface area contributed by atoms with E-state index in [-0.39, 0.29) is 11.5 Å². The number of hydrogen-bond acceptors (Lipinski definition) is 10. The summed E-state index contributed by atoms with van der Waals surface area (Å²) < 4.78 is 5.49. The standard InChI is InChI=1S/C22H32N10O/c1-22(2,24)13-31-5-3-14(4-6-31)18-16-17(15-11-25-20(23)26-12-15)27-21(28-19(16)30-29-18)32-7-9-33-10-8-32/h11-12,14H,3-10,13,24H2,1-2H3,(H2,23,25,26)(H,27,28,29,30). The molecule has 2 aliphatic rings. The molecule has 2 saturated heterocycles. The van der Waals surface area contributed by atoms with Crippen molar-refractivity contribution in [3.63, 3.8) is 0 Å². The summed E-state index contributed by atoms with van der Waals surface area (Å²) >= 11 is 0. The van der Waals surface area contributed by atoms with E-state index in [1.807, 2.05) is 0 Å². The average molecular weight is 453 g/mol. The molecule has 176 valence electrons. The molecule has 3 aromatic heterocycles. The number of nitrogen functional groups attached to an aromatic ring is 1. The van der Waals surface area contributed by atoms with Crippen LogP contribution in [-0.4, -0.2) is 86.5 Å². The quantitative estimate of drug-likeness (QED) is 0.514. The maximum Gasteiger partial charge on any atom is 0.228 e. The Morgan fingerprint density at radius 2 is 1.79 bits per heavy atom. The Labute approximate surface area is 192 Å². The maximum absolute atomic E-state index is 6.23. The number of likely N-dealkylation sites (tertiary alicyclic amines) is 1. The Balaban J connectivity index is 1.51. The summed E-state index contributed by atoms with van der Waals surface area (Å²) in [6.07, 6.45) is 5.48. The number of piperidine rings is 1. The van der Waals surface area contributed by atoms with E-state index in [1.165, 1.54) is 0 Å². The van der Waals surface area contributed by atoms with Crippen LogP contribution in [0, 0.1) is 0 Å². The molecule has 33 heavy (non-hydrogen) atoms. The summed E-state index contributed by atoms with van der Waals surface area (Å²) in [7, 11) is 0. The Kier molecular flexibility index (Phi) is 5.85. The third-order valence-electron chi connectivity index (χ3n) is 6.30. The smallest absolute Gasteiger partial charge is 0.228 e. The Morgan fingerprint density at radius 1 is 1.09 bits per heavy atom. The highest BCUT2D eigenvalue weighted by Crippen LogP contribution is 2.36. The van der Waals surface area contributed by atoms with Gasteiger partial charge in [0.25, 0.3) is 0 Å². The molecule has 2 aliphatic heterocycles. The molecular weight excluding hydrogens is 420 g/mol. The van der Waals surface area contributed by atoms with E-state index in [2.05, 4.69) is 43.8 Å². The molecule has 5 rings (SSSR count). The van der Waals surface area contributed by atoms with Gasteiger partial charge in [-0.2, -0.15) is 10.1 Å². The minimum atomic E-state index is -0.195. The SMILES string of the molecule is CC(C)(N)CN1CCC(c2[nH]nc3nc(N4CCOCC4)nc(-c4cnc(N)nc4)c23)CC1. The van der Waals surface area contributed by atoms with Gasteiger partial charge < -0.3 is 26.0 Å². The summed E-state index contributed by atoms with van der Waals surface area (Å²) in [6, 6.07) is 0. The van der Waals surface area contributed by atoms with Crippen molar-refractivity contribution in [2.75, 3.05) is 56.6 Å². The summed E-state index contributed by atoms with van der Waals surface area (Å²) in [6.45, 7) is 9.85. The topological polar surface area (TPSA) is 148 Å². The van der Waals surface area contributed by atoms with Gasteiger partial charge >= 0.3 is 0 Å². The van der Waals surface area contributed by atoms with E-state index in [0.29, 0.717) is 30.7 Å². The summed E-state index contributed by atoms with van der Waals surface area (Å²) in [5.74, 6) is 1.23. The van der Waals surface area contributed by atoms with Crippen molar-refractivity contribution in [2.24, 2.45) is 5.73 Å². The number of rotatable bonds is 5. The molecular formula is C22H32N10O. The second-order valence-electron chi connectivity index (χ2n) is 9.68. The lowest BCUT2D eigenvalue weighted by Crippen LogP contribution is -2.47. The van der Waals surface area contributed by atoms with Gasteiger partial charge in [0.2, 0.25) is 11.9 Å². The monoisotopic (exact) mass is 452 g/mol. The molecule has 0 bridgehead atoms. The maximum atomic E-state index is 6.23. The van der Waals surface area contributed by atoms with Crippen molar-refractivity contribution in [3.05, 3.63) is 18.1 Å². The van der Waals surface area contributed by atoms with E-state index < -0.39 is 0 Å². The van der Waals surface area contributed by atoms with Crippen LogP contribution in [0.4, 0.5) is 11.9 Å². The van der Waals surface area contributed by atoms with Crippen LogP contribution in [-0.2, 0) is 4.74 Å². The van der Waals surface area contributed by atoms with Gasteiger partial charge in [-0.3, -0.25) is 5.10 Å². The number of ether oxygens (including phenoxy) is 1. The van der Waals surface area contributed by atoms with Gasteiger partial charge in [-0.15, -0.1) is 0 Å². The third-order valence-corrected chi connectivity index (χ3v) is 6.30. The fourth-order valence-corrected chi connectivity index (χ4v) is 4.76. The normalized spacial score (nSPS) is 18.8. The van der Waals surface area contributed by atoms with Crippen molar-refractivity contribution < 1.29 is 4.74 Å². The van der Waals surface area contributed by atoms with Crippen LogP contribution in [0.1, 0.15) is 38.3 Å². The predicted molar refractivity (Wildman–Crippen MR) is 127 cm³/mol. The fraction of sp³-hybridized carbons (Fsp3) is 0.591. The number of aromatic amines is 1. The highest BCUT2D eigenvalue weighted by atomic mass is 16.5. The summed E-state index contributed by atoms with van der Waals surface area (Å²) in [5.41, 5.74) is 15.1. The third kappa shape index (κ3) is 4.75. The zero-order chi connectivity index (χ0) is 23.0. The van der Waals surface area contributed by atoms with Crippen LogP contribution in [0.5, 0.6) is 0 Å². The molecule has 0 radical (unpaired) electrons. The number of H-pyrrole nitrogens is 1. The lowest BCUT2D eigenvalue weighted by molar-refractivity contribution is 0.122. The first-order valence-electron chi connectivity index (χ1n) is 11.6. The number of hydrogen-bond donors (Lipinski definition) is 3. The van der Waals surface area contributed by atoms with Gasteiger partial charge in [-0.25, -0.2) is 15.0 Å². The highest BCUT2D eigenvalue weighted by Gasteiger charge is 2.29. The van der Waals surface area contributed by atoms with Crippen LogP contribution in [0.2, 0.25) is 0 Å². The van der Waals surface area contributed by atoms with E-state index >= 15 is 0 Å². The Morgan fingerprint density at radius 3 is 2.45 bits per heavy atom. The molecule has 11 nitrogen and oxygen atoms in total. The largest absolute Gasteiger partial charge is 0.378 e. The highest BCUT2D eigenvalue weighted by molar-refractivity contribution is 5.93. The Hall–Kier alpha value is -2.89. The first-order chi connectivity index (χ1) is 15.9. The van der Waals surface area contributed by atoms with E-state index in [4.69, 9.17) is 26.2 Å². The van der Waals surface area contributed by atoms with Crippen molar-refractivity contribution in [1.29, 1.82) is 0 Å². The second kappa shape index (κ2) is 8.81. The molecule has 3 aromatic rings. The first kappa shape index (κ1) is 21.9. The van der Waals surface area contributed by atoms with Crippen molar-refractivity contribution in [1.82, 2.24) is 35.0 Å². The zero-order valence-corrected chi connectivity index (χ0v) is 19.3. The van der Waals surface area contributed by atoms with Gasteiger partial charge in [-0.1, -0.05) is 0 Å². The van der Waals surface area contributed by atoms with Crippen LogP contribution >= 0.6 is 0 Å². The van der Waals surface area contributed by atoms with Crippen molar-refractivity contribution in [3.8, 4) is 11.3 Å². The average Bonchev–Trinajstić information content (AvgIpc) is 3.23. The molecule has 0 amide bonds. The second-order valence-corrected chi connectivity index (χ2v) is 9.68. The molecule has 5 N–H and O–H groups in total. The fourth-order valence-electron chi connectivity index (χ4n) is 4.76. The van der Waals surface area contributed by atoms with Gasteiger partial charge in [-0.05, 0) is 39.8 Å². The van der Waals surface area contributed by atoms with Gasteiger partial charge in [0.1, 0.15) is 0 Å². The molecule has 0 atom stereocenters. The van der Waals surface area contributed by atoms with E-state index in [0.717, 1.165) is 67.9 Å². The zero-order valence-electron chi connectivity index (χ0n) is 19.3. The Bertz CT molecular complexity index is 1090. The number of fused-ring (bicyclic) bond motifs is 1. The lowest BCUT2D eigenvalue weighted by Gasteiger charge is -2.35. The number of morpholine rings is 1. The van der Waals surface area contributed by atoms with Crippen LogP contribution in [0.25, 0.3) is 22.3 Å². The number of aromatic nitrogens is 6. The molecule has 5 heterocycles. The van der Waals surface area contributed by atoms with E-state index in [9.17, 15) is 0 Å². The van der Waals surface area contributed by atoms with Crippen LogP contribution < -0.4 is 16.4 Å². The number of anilines is 2. The molecule has 0 saturated carbocycles. The molecule has 2 fully saturated rings. The number of nitrogens with one attached hydrogen (secondary N) is 1. The van der Waals surface area contributed by atoms with Crippen molar-refractivity contribution >= 4 is 22.9 Å². The van der Waals surface area contributed by atoms with Crippen molar-refractivity contribution in [2.45, 2.75) is 38.1 Å². The summed E-state index contributed by atoms with van der Waals surface area (Å²) in [5, 5.41) is 8.83. The first-order valence-corrected chi connectivity index (χ1v) is 11.6. The number of nitrogens with zero attached hydrogens (tertiary/aromatic N) is 7. The molecule has 0 unspecified atom stereocenters. The summed E-state index contributed by atoms with van der Waals surface area (Å²) in [4.78, 5) is 22.7. The molecule has 11 heteroatoms. The van der Waals surface area contributed by atoms with E-state index in [1.54, 1.807) is 12.4 Å². The number of nitrogens with two attached hydrogens (primary N) is 2. The van der Waals surface area contributed by atoms with Gasteiger partial charge in [0.15, 0.2) is 5.65 Å². The molecule has 0 spiro atoms. The predicted octanol–water partition coefficient (Wildman–Crippen LogP) is 1.15. The lowest BCUT2D eigenvalue weighted by atomic mass is 9.90. The van der Waals surface area contributed by atoms with Gasteiger partial charge in [0, 0.05) is 49.0 Å². The van der Waals surface area contributed by atoms with Crippen LogP contribution in [0.3, 0.4) is 0 Å². The van der Waals surface area contributed by atoms with Gasteiger partial charge in [0.05, 0.1) is 30.0 Å². The molecule has 0 aromatic carbocycles. The van der Waals surface area contributed by atoms with Crippen LogP contribution in [0.15, 0.2) is 12.4 Å². The minimum Gasteiger partial charge on any atom is -0.378 e. The molecule has 0 aliphatic carbocycles.